The molecule has 0 fully saturated rings. The van der Waals surface area contributed by atoms with Crippen LogP contribution < -0.4 is 6.15 Å². The largest absolute Gasteiger partial charge is 0.397 e. The van der Waals surface area contributed by atoms with Crippen molar-refractivity contribution in [2.24, 2.45) is 0 Å². The molecule has 0 aromatic carbocycles. The van der Waals surface area contributed by atoms with E-state index < -0.39 is 10.4 Å². The number of quaternary nitrogens is 1. The van der Waals surface area contributed by atoms with Crippen LogP contribution in [0.5, 0.6) is 0 Å². The van der Waals surface area contributed by atoms with Gasteiger partial charge in [-0.3, -0.25) is 4.55 Å². The highest BCUT2D eigenvalue weighted by Gasteiger charge is 2.02. The quantitative estimate of drug-likeness (QED) is 0.0904. The van der Waals surface area contributed by atoms with Crippen molar-refractivity contribution in [3.8, 4) is 0 Å². The third-order valence-corrected chi connectivity index (χ3v) is 5.68. The Hall–Kier alpha value is -0.410. The number of ether oxygens (including phenoxy) is 6. The molecule has 0 saturated carbocycles. The zero-order chi connectivity index (χ0) is 26.4. The lowest BCUT2D eigenvalue weighted by Gasteiger charge is -2.08. The molecule has 0 heterocycles. The smallest absolute Gasteiger partial charge is 0.379 e. The molecule has 0 unspecified atom stereocenters. The van der Waals surface area contributed by atoms with Crippen LogP contribution in [0.3, 0.4) is 0 Å². The lowest BCUT2D eigenvalue weighted by Crippen LogP contribution is -2.15. The van der Waals surface area contributed by atoms with E-state index in [1.807, 2.05) is 0 Å². The van der Waals surface area contributed by atoms with Gasteiger partial charge in [-0.2, -0.15) is 8.42 Å². The van der Waals surface area contributed by atoms with Crippen molar-refractivity contribution in [2.75, 3.05) is 85.9 Å². The van der Waals surface area contributed by atoms with Crippen LogP contribution in [0.2, 0.25) is 0 Å². The molecule has 226 valence electrons. The molecular formula is C25H56NO10S+. The van der Waals surface area contributed by atoms with Crippen LogP contribution >= 0.6 is 0 Å². The first kappa shape index (κ1) is 38.7. The van der Waals surface area contributed by atoms with Crippen LogP contribution in [-0.4, -0.2) is 98.9 Å². The molecule has 0 aliphatic carbocycles. The maximum Gasteiger partial charge on any atom is 0.397 e. The third-order valence-electron chi connectivity index (χ3n) is 5.21. The van der Waals surface area contributed by atoms with Crippen molar-refractivity contribution in [1.82, 2.24) is 6.15 Å². The fourth-order valence-corrected chi connectivity index (χ4v) is 3.55. The molecule has 5 N–H and O–H groups in total. The second-order valence-corrected chi connectivity index (χ2v) is 9.55. The van der Waals surface area contributed by atoms with Crippen molar-refractivity contribution in [3.63, 3.8) is 0 Å². The highest BCUT2D eigenvalue weighted by molar-refractivity contribution is 7.80. The van der Waals surface area contributed by atoms with Crippen LogP contribution in [0.1, 0.15) is 77.6 Å². The van der Waals surface area contributed by atoms with Crippen molar-refractivity contribution < 1.29 is 45.6 Å². The fraction of sp³-hybridized carbons (Fsp3) is 1.00. The van der Waals surface area contributed by atoms with Crippen LogP contribution in [0.4, 0.5) is 0 Å². The number of hydrogen-bond acceptors (Lipinski definition) is 9. The molecule has 0 aromatic heterocycles. The van der Waals surface area contributed by atoms with Gasteiger partial charge >= 0.3 is 10.4 Å². The van der Waals surface area contributed by atoms with E-state index in [0.29, 0.717) is 66.1 Å². The van der Waals surface area contributed by atoms with Gasteiger partial charge in [-0.25, -0.2) is 4.18 Å². The van der Waals surface area contributed by atoms with E-state index in [-0.39, 0.29) is 19.4 Å². The molecule has 0 rings (SSSR count). The minimum absolute atomic E-state index is 0. The van der Waals surface area contributed by atoms with Gasteiger partial charge in [-0.05, 0) is 6.42 Å². The minimum atomic E-state index is -4.40. The van der Waals surface area contributed by atoms with Gasteiger partial charge in [0, 0.05) is 6.61 Å². The van der Waals surface area contributed by atoms with E-state index in [1.165, 1.54) is 64.2 Å². The van der Waals surface area contributed by atoms with Gasteiger partial charge in [0.1, 0.15) is 0 Å². The first-order valence-electron chi connectivity index (χ1n) is 13.6. The molecule has 0 spiro atoms. The van der Waals surface area contributed by atoms with Crippen molar-refractivity contribution in [2.45, 2.75) is 77.6 Å². The summed E-state index contributed by atoms with van der Waals surface area (Å²) in [6.45, 7) is 7.67. The van der Waals surface area contributed by atoms with E-state index in [0.717, 1.165) is 13.0 Å². The Bertz CT molecular complexity index is 526. The van der Waals surface area contributed by atoms with E-state index in [4.69, 9.17) is 33.0 Å². The molecule has 0 atom stereocenters. The van der Waals surface area contributed by atoms with Gasteiger partial charge in [0.2, 0.25) is 0 Å². The molecule has 0 aromatic rings. The van der Waals surface area contributed by atoms with Crippen molar-refractivity contribution in [3.05, 3.63) is 0 Å². The lowest BCUT2D eigenvalue weighted by molar-refractivity contribution is -0.0179. The van der Waals surface area contributed by atoms with E-state index in [9.17, 15) is 8.42 Å². The summed E-state index contributed by atoms with van der Waals surface area (Å²) in [5, 5.41) is 0. The average molecular weight is 563 g/mol. The molecule has 0 saturated heterocycles. The highest BCUT2D eigenvalue weighted by Crippen LogP contribution is 2.11. The Morgan fingerprint density at radius 2 is 0.703 bits per heavy atom. The van der Waals surface area contributed by atoms with Crippen LogP contribution in [0.25, 0.3) is 0 Å². The molecule has 0 aliphatic rings. The Labute approximate surface area is 225 Å². The zero-order valence-electron chi connectivity index (χ0n) is 23.5. The summed E-state index contributed by atoms with van der Waals surface area (Å²) < 4.78 is 65.4. The Balaban J connectivity index is 0. The standard InChI is InChI=1S/C25H52O10S.H3N/c1-2-3-4-5-6-7-8-9-10-11-12-13-29-14-15-30-16-17-31-18-19-32-20-21-33-22-23-34-24-25-35-36(26,27)28;/h2-25H2,1H3,(H,26,27,28);1H3/p+1. The predicted octanol–water partition coefficient (Wildman–Crippen LogP) is 4.59. The van der Waals surface area contributed by atoms with E-state index in [2.05, 4.69) is 11.1 Å². The molecule has 37 heavy (non-hydrogen) atoms. The van der Waals surface area contributed by atoms with Gasteiger partial charge in [0.25, 0.3) is 0 Å². The summed E-state index contributed by atoms with van der Waals surface area (Å²) in [4.78, 5) is 0. The fourth-order valence-electron chi connectivity index (χ4n) is 3.27. The first-order chi connectivity index (χ1) is 17.6. The van der Waals surface area contributed by atoms with Crippen molar-refractivity contribution >= 4 is 10.4 Å². The van der Waals surface area contributed by atoms with E-state index >= 15 is 0 Å². The molecule has 0 radical (unpaired) electrons. The second-order valence-electron chi connectivity index (χ2n) is 8.46. The van der Waals surface area contributed by atoms with Crippen molar-refractivity contribution in [1.29, 1.82) is 0 Å². The Morgan fingerprint density at radius 3 is 1.03 bits per heavy atom. The number of rotatable bonds is 31. The second kappa shape index (κ2) is 31.8. The summed E-state index contributed by atoms with van der Waals surface area (Å²) >= 11 is 0. The predicted molar refractivity (Wildman–Crippen MR) is 145 cm³/mol. The zero-order valence-corrected chi connectivity index (χ0v) is 24.3. The van der Waals surface area contributed by atoms with Gasteiger partial charge in [0.15, 0.2) is 0 Å². The van der Waals surface area contributed by atoms with Crippen LogP contribution in [0.15, 0.2) is 0 Å². The summed E-state index contributed by atoms with van der Waals surface area (Å²) in [6, 6.07) is 0. The lowest BCUT2D eigenvalue weighted by atomic mass is 10.1. The highest BCUT2D eigenvalue weighted by atomic mass is 32.3. The minimum Gasteiger partial charge on any atom is -0.379 e. The molecule has 0 amide bonds. The van der Waals surface area contributed by atoms with Gasteiger partial charge in [0.05, 0.1) is 79.3 Å². The Kier molecular flexibility index (Phi) is 33.3. The number of unbranched alkanes of at least 4 members (excludes halogenated alkanes) is 10. The van der Waals surface area contributed by atoms with Gasteiger partial charge < -0.3 is 34.6 Å². The SMILES string of the molecule is CCCCCCCCCCCCCOCCOCCOCCOCCOCCOCCOS(=O)(=O)O.[NH4+]. The number of hydrogen-bond donors (Lipinski definition) is 2. The topological polar surface area (TPSA) is 155 Å². The first-order valence-corrected chi connectivity index (χ1v) is 15.0. The molecule has 12 heteroatoms. The maximum atomic E-state index is 10.3. The summed E-state index contributed by atoms with van der Waals surface area (Å²) in [6.07, 6.45) is 14.8. The van der Waals surface area contributed by atoms with Gasteiger partial charge in [-0.1, -0.05) is 71.1 Å². The summed E-state index contributed by atoms with van der Waals surface area (Å²) in [7, 11) is -4.40. The molecular weight excluding hydrogens is 506 g/mol. The maximum absolute atomic E-state index is 10.3. The monoisotopic (exact) mass is 562 g/mol. The normalized spacial score (nSPS) is 11.6. The van der Waals surface area contributed by atoms with E-state index in [1.54, 1.807) is 0 Å². The third kappa shape index (κ3) is 37.8. The van der Waals surface area contributed by atoms with Crippen LogP contribution in [-0.2, 0) is 43.0 Å². The summed E-state index contributed by atoms with van der Waals surface area (Å²) in [5.74, 6) is 0. The molecule has 0 aliphatic heterocycles. The molecule has 0 bridgehead atoms. The molecule has 11 nitrogen and oxygen atoms in total. The van der Waals surface area contributed by atoms with Crippen LogP contribution in [0, 0.1) is 0 Å². The van der Waals surface area contributed by atoms with Gasteiger partial charge in [-0.15, -0.1) is 0 Å². The average Bonchev–Trinajstić information content (AvgIpc) is 2.84. The summed E-state index contributed by atoms with van der Waals surface area (Å²) in [5.41, 5.74) is 0. The Morgan fingerprint density at radius 1 is 0.432 bits per heavy atom.